The molecule has 0 saturated carbocycles. The minimum Gasteiger partial charge on any atom is -0.394 e. The Morgan fingerprint density at radius 1 is 0.929 bits per heavy atom. The summed E-state index contributed by atoms with van der Waals surface area (Å²) in [5.74, 6) is 0.269. The minimum absolute atomic E-state index is 0.269. The second-order valence-electron chi connectivity index (χ2n) is 6.96. The zero-order chi connectivity index (χ0) is 20.2. The van der Waals surface area contributed by atoms with Crippen molar-refractivity contribution in [1.29, 1.82) is 0 Å². The van der Waals surface area contributed by atoms with Crippen LogP contribution in [0.3, 0.4) is 0 Å². The third-order valence-electron chi connectivity index (χ3n) is 5.31. The fourth-order valence-electron chi connectivity index (χ4n) is 3.69. The number of fused-ring (bicyclic) bond motifs is 1. The molecule has 1 aromatic rings. The molecule has 8 N–H and O–H groups in total. The van der Waals surface area contributed by atoms with Gasteiger partial charge in [-0.2, -0.15) is 0 Å². The molecule has 3 aliphatic rings. The Labute approximate surface area is 158 Å². The lowest BCUT2D eigenvalue weighted by Gasteiger charge is -2.35. The van der Waals surface area contributed by atoms with Gasteiger partial charge in [0.2, 0.25) is 0 Å². The van der Waals surface area contributed by atoms with E-state index in [0.717, 1.165) is 0 Å². The van der Waals surface area contributed by atoms with Crippen molar-refractivity contribution in [2.75, 3.05) is 13.2 Å². The van der Waals surface area contributed by atoms with Gasteiger partial charge in [0.15, 0.2) is 18.3 Å². The summed E-state index contributed by atoms with van der Waals surface area (Å²) >= 11 is 0. The monoisotopic (exact) mass is 401 g/mol. The van der Waals surface area contributed by atoms with Gasteiger partial charge in [0.05, 0.1) is 25.9 Å². The normalized spacial score (nSPS) is 43.0. The molecule has 28 heavy (non-hydrogen) atoms. The lowest BCUT2D eigenvalue weighted by Crippen LogP contribution is -2.48. The molecule has 13 nitrogen and oxygen atoms in total. The number of aliphatic hydroxyl groups is 6. The van der Waals surface area contributed by atoms with Gasteiger partial charge in [-0.3, -0.25) is 4.57 Å². The number of rotatable bonds is 4. The molecule has 0 amide bonds. The molecule has 2 fully saturated rings. The molecule has 4 heterocycles. The van der Waals surface area contributed by atoms with Gasteiger partial charge in [0, 0.05) is 0 Å². The second kappa shape index (κ2) is 7.29. The number of aliphatic hydroxyl groups excluding tert-OH is 6. The van der Waals surface area contributed by atoms with Crippen LogP contribution in [0.5, 0.6) is 0 Å². The summed E-state index contributed by atoms with van der Waals surface area (Å²) in [6.07, 6.45) is -7.43. The molecular weight excluding hydrogens is 378 g/mol. The van der Waals surface area contributed by atoms with E-state index in [1.54, 1.807) is 0 Å². The van der Waals surface area contributed by atoms with E-state index < -0.39 is 68.5 Å². The van der Waals surface area contributed by atoms with E-state index in [-0.39, 0.29) is 11.5 Å². The maximum absolute atomic E-state index is 10.2. The summed E-state index contributed by atoms with van der Waals surface area (Å²) in [4.78, 5) is 9.80. The Morgan fingerprint density at radius 3 is 2.07 bits per heavy atom. The molecule has 0 aliphatic carbocycles. The summed E-state index contributed by atoms with van der Waals surface area (Å²) in [7, 11) is 0. The lowest BCUT2D eigenvalue weighted by molar-refractivity contribution is -0.0825. The topological polar surface area (TPSA) is 199 Å². The molecule has 4 rings (SSSR count). The lowest BCUT2D eigenvalue weighted by atomic mass is 10.1. The van der Waals surface area contributed by atoms with Crippen LogP contribution in [0.25, 0.3) is 0 Å². The Hall–Kier alpha value is -1.68. The van der Waals surface area contributed by atoms with Gasteiger partial charge in [-0.05, 0) is 0 Å². The summed E-state index contributed by atoms with van der Waals surface area (Å²) in [5.41, 5.74) is 6.51. The summed E-state index contributed by atoms with van der Waals surface area (Å²) in [5, 5.41) is 58.8. The number of aliphatic imine (C=N–C) groups is 1. The van der Waals surface area contributed by atoms with Crippen molar-refractivity contribution >= 4 is 12.2 Å². The Kier molecular flexibility index (Phi) is 5.11. The smallest absolute Gasteiger partial charge is 0.165 e. The van der Waals surface area contributed by atoms with E-state index in [4.69, 9.17) is 15.2 Å². The highest BCUT2D eigenvalue weighted by atomic mass is 16.6. The molecular formula is C15H23N5O8. The van der Waals surface area contributed by atoms with E-state index >= 15 is 0 Å². The van der Waals surface area contributed by atoms with Crippen molar-refractivity contribution in [2.24, 2.45) is 10.7 Å². The molecule has 3 unspecified atom stereocenters. The van der Waals surface area contributed by atoms with Crippen LogP contribution in [0, 0.1) is 0 Å². The fourth-order valence-corrected chi connectivity index (χ4v) is 3.69. The van der Waals surface area contributed by atoms with E-state index in [0.29, 0.717) is 0 Å². The number of hydrogen-bond acceptors (Lipinski definition) is 12. The van der Waals surface area contributed by atoms with Crippen LogP contribution in [0.1, 0.15) is 18.1 Å². The maximum Gasteiger partial charge on any atom is 0.165 e. The standard InChI is InChI=1S/C15H23N5O8/c16-12-7-13(18-4-19(12)14-10(25)8(23)5(1-21)27-14)20(3-17-7)15-11(26)9(24)6(2-22)28-15/h3-6,8-12,14-15,21-26H,1-2,16H2/t5-,6-,8-,9?,10+,11?,12?,14-,15-/m1/s1. The van der Waals surface area contributed by atoms with Crippen LogP contribution < -0.4 is 5.73 Å². The van der Waals surface area contributed by atoms with Crippen molar-refractivity contribution in [2.45, 2.75) is 55.2 Å². The highest BCUT2D eigenvalue weighted by Crippen LogP contribution is 2.38. The van der Waals surface area contributed by atoms with Gasteiger partial charge < -0.3 is 50.7 Å². The average molecular weight is 401 g/mol. The highest BCUT2D eigenvalue weighted by molar-refractivity contribution is 5.66. The summed E-state index contributed by atoms with van der Waals surface area (Å²) in [6.45, 7) is -0.937. The maximum atomic E-state index is 10.2. The number of imidazole rings is 1. The zero-order valence-corrected chi connectivity index (χ0v) is 14.6. The van der Waals surface area contributed by atoms with E-state index in [1.165, 1.54) is 22.1 Å². The quantitative estimate of drug-likeness (QED) is 0.258. The Morgan fingerprint density at radius 2 is 1.50 bits per heavy atom. The van der Waals surface area contributed by atoms with Crippen LogP contribution in [0.4, 0.5) is 5.82 Å². The van der Waals surface area contributed by atoms with Crippen LogP contribution in [0.2, 0.25) is 0 Å². The molecule has 0 spiro atoms. The van der Waals surface area contributed by atoms with Crippen molar-refractivity contribution in [3.8, 4) is 0 Å². The van der Waals surface area contributed by atoms with Gasteiger partial charge in [0.1, 0.15) is 48.5 Å². The molecule has 0 bridgehead atoms. The van der Waals surface area contributed by atoms with Crippen molar-refractivity contribution in [3.05, 3.63) is 12.0 Å². The first-order chi connectivity index (χ1) is 13.4. The predicted molar refractivity (Wildman–Crippen MR) is 89.9 cm³/mol. The van der Waals surface area contributed by atoms with Crippen molar-refractivity contribution < 1.29 is 40.1 Å². The van der Waals surface area contributed by atoms with Gasteiger partial charge in [-0.15, -0.1) is 0 Å². The SMILES string of the molecule is NC1c2ncn([C@@H]3O[C@H](CO)C(O)C3O)c2N=CN1[C@@H]1O[C@H](CO)[C@@H](O)[C@@H]1O. The van der Waals surface area contributed by atoms with Gasteiger partial charge in [-0.25, -0.2) is 9.98 Å². The summed E-state index contributed by atoms with van der Waals surface area (Å²) in [6, 6.07) is 0. The molecule has 1 aromatic heterocycles. The third-order valence-corrected chi connectivity index (χ3v) is 5.31. The number of hydrogen-bond donors (Lipinski definition) is 7. The van der Waals surface area contributed by atoms with Crippen LogP contribution >= 0.6 is 0 Å². The molecule has 156 valence electrons. The number of nitrogens with two attached hydrogens (primary N) is 1. The van der Waals surface area contributed by atoms with Crippen LogP contribution in [-0.4, -0.2) is 107 Å². The molecule has 9 atom stereocenters. The number of aromatic nitrogens is 2. The molecule has 2 saturated heterocycles. The minimum atomic E-state index is -1.32. The van der Waals surface area contributed by atoms with Gasteiger partial charge >= 0.3 is 0 Å². The van der Waals surface area contributed by atoms with Crippen molar-refractivity contribution in [3.63, 3.8) is 0 Å². The molecule has 0 aromatic carbocycles. The predicted octanol–water partition coefficient (Wildman–Crippen LogP) is -4.13. The molecule has 0 radical (unpaired) electrons. The van der Waals surface area contributed by atoms with E-state index in [1.807, 2.05) is 0 Å². The van der Waals surface area contributed by atoms with Gasteiger partial charge in [0.25, 0.3) is 0 Å². The summed E-state index contributed by atoms with van der Waals surface area (Å²) < 4.78 is 12.4. The number of nitrogens with zero attached hydrogens (tertiary/aromatic N) is 4. The number of ether oxygens (including phenoxy) is 2. The molecule has 3 aliphatic heterocycles. The Balaban J connectivity index is 1.58. The van der Waals surface area contributed by atoms with Crippen LogP contribution in [0.15, 0.2) is 11.3 Å². The van der Waals surface area contributed by atoms with E-state index in [2.05, 4.69) is 9.98 Å². The largest absolute Gasteiger partial charge is 0.394 e. The first-order valence-corrected chi connectivity index (χ1v) is 8.77. The van der Waals surface area contributed by atoms with Crippen LogP contribution in [-0.2, 0) is 9.47 Å². The molecule has 13 heteroatoms. The first kappa shape index (κ1) is 19.6. The third kappa shape index (κ3) is 2.83. The van der Waals surface area contributed by atoms with E-state index in [9.17, 15) is 30.6 Å². The van der Waals surface area contributed by atoms with Gasteiger partial charge in [-0.1, -0.05) is 0 Å². The van der Waals surface area contributed by atoms with Crippen molar-refractivity contribution in [1.82, 2.24) is 14.5 Å². The first-order valence-electron chi connectivity index (χ1n) is 8.77. The Bertz CT molecular complexity index is 746. The highest BCUT2D eigenvalue weighted by Gasteiger charge is 2.48. The fraction of sp³-hybridized carbons (Fsp3) is 0.733. The zero-order valence-electron chi connectivity index (χ0n) is 14.6. The average Bonchev–Trinajstić information content (AvgIpc) is 3.33. The second-order valence-corrected chi connectivity index (χ2v) is 6.96.